The summed E-state index contributed by atoms with van der Waals surface area (Å²) in [6.45, 7) is 8.59. The molecule has 20 heavy (non-hydrogen) atoms. The predicted molar refractivity (Wildman–Crippen MR) is 90.1 cm³/mol. The van der Waals surface area contributed by atoms with Crippen molar-refractivity contribution in [2.75, 3.05) is 12.9 Å². The Hall–Kier alpha value is 0.130. The molecule has 2 unspecified atom stereocenters. The largest absolute Gasteiger partial charge is 0.504 e. The van der Waals surface area contributed by atoms with Gasteiger partial charge in [-0.1, -0.05) is 38.5 Å². The van der Waals surface area contributed by atoms with Crippen molar-refractivity contribution < 1.29 is 19.1 Å². The molecule has 1 rings (SSSR count). The summed E-state index contributed by atoms with van der Waals surface area (Å²) in [5.74, 6) is 1.48. The van der Waals surface area contributed by atoms with Gasteiger partial charge >= 0.3 is 7.60 Å². The molecular weight excluding hydrogens is 315 g/mol. The molecule has 0 radical (unpaired) electrons. The van der Waals surface area contributed by atoms with Gasteiger partial charge in [0, 0.05) is 0 Å². The molecule has 7 heteroatoms. The minimum absolute atomic E-state index is 0.386. The Morgan fingerprint density at radius 3 is 2.45 bits per heavy atom. The van der Waals surface area contributed by atoms with Crippen LogP contribution in [0.15, 0.2) is 23.3 Å². The van der Waals surface area contributed by atoms with Crippen molar-refractivity contribution in [1.82, 2.24) is 0 Å². The molecule has 0 saturated heterocycles. The standard InChI is InChI=1S/C13H25O4PS2/c1-10(2)8-20(11(3)4)9-12(6-7-17-5)13(19-20)18(14,15)16/h6-7,9-11,13H,8H2,1-5H3,(H2,14,15,16). The highest BCUT2D eigenvalue weighted by Crippen LogP contribution is 2.77. The molecule has 118 valence electrons. The monoisotopic (exact) mass is 340 g/mol. The van der Waals surface area contributed by atoms with Gasteiger partial charge in [-0.3, -0.25) is 4.57 Å². The maximum atomic E-state index is 11.8. The molecule has 1 heterocycles. The Balaban J connectivity index is 3.20. The van der Waals surface area contributed by atoms with Crippen molar-refractivity contribution >= 4 is 27.4 Å². The van der Waals surface area contributed by atoms with Gasteiger partial charge < -0.3 is 14.5 Å². The average Bonchev–Trinajstić information content (AvgIpc) is 2.65. The molecule has 0 aromatic carbocycles. The fraction of sp³-hybridized carbons (Fsp3) is 0.692. The van der Waals surface area contributed by atoms with Crippen molar-refractivity contribution in [3.05, 3.63) is 23.3 Å². The quantitative estimate of drug-likeness (QED) is 0.433. The minimum Gasteiger partial charge on any atom is -0.504 e. The van der Waals surface area contributed by atoms with Crippen molar-refractivity contribution in [2.45, 2.75) is 37.9 Å². The van der Waals surface area contributed by atoms with Gasteiger partial charge in [0.15, 0.2) is 0 Å². The van der Waals surface area contributed by atoms with E-state index in [4.69, 9.17) is 4.74 Å². The Kier molecular flexibility index (Phi) is 6.30. The minimum atomic E-state index is -4.16. The lowest BCUT2D eigenvalue weighted by atomic mass is 10.3. The molecule has 1 aliphatic rings. The maximum Gasteiger partial charge on any atom is 0.343 e. The summed E-state index contributed by atoms with van der Waals surface area (Å²) in [6, 6.07) is 0. The first-order valence-corrected chi connectivity index (χ1v) is 11.6. The molecule has 0 spiro atoms. The van der Waals surface area contributed by atoms with Crippen LogP contribution in [0.1, 0.15) is 27.7 Å². The van der Waals surface area contributed by atoms with Gasteiger partial charge in [0.25, 0.3) is 0 Å². The second kappa shape index (κ2) is 6.93. The van der Waals surface area contributed by atoms with E-state index in [1.54, 1.807) is 6.08 Å². The van der Waals surface area contributed by atoms with Crippen LogP contribution in [-0.2, 0) is 9.30 Å². The second-order valence-electron chi connectivity index (χ2n) is 5.58. The van der Waals surface area contributed by atoms with Crippen LogP contribution < -0.4 is 0 Å². The molecule has 0 aliphatic carbocycles. The molecule has 0 fully saturated rings. The third-order valence-electron chi connectivity index (χ3n) is 2.98. The Morgan fingerprint density at radius 2 is 2.05 bits per heavy atom. The normalized spacial score (nSPS) is 30.9. The van der Waals surface area contributed by atoms with E-state index in [2.05, 4.69) is 33.1 Å². The zero-order chi connectivity index (χ0) is 15.6. The van der Waals surface area contributed by atoms with Crippen molar-refractivity contribution in [3.8, 4) is 0 Å². The molecular formula is C13H25O4PS2. The molecule has 2 atom stereocenters. The van der Waals surface area contributed by atoms with Crippen molar-refractivity contribution in [3.63, 3.8) is 0 Å². The SMILES string of the molecule is COC=CC1=CS(CC(C)C)(C(C)C)SC1P(=O)(O)O. The van der Waals surface area contributed by atoms with Crippen molar-refractivity contribution in [2.24, 2.45) is 5.92 Å². The van der Waals surface area contributed by atoms with Gasteiger partial charge in [-0.25, -0.2) is 0 Å². The van der Waals surface area contributed by atoms with Gasteiger partial charge in [0.05, 0.1) is 13.4 Å². The zero-order valence-electron chi connectivity index (χ0n) is 12.6. The first-order valence-electron chi connectivity index (χ1n) is 6.56. The van der Waals surface area contributed by atoms with E-state index in [0.717, 1.165) is 5.75 Å². The molecule has 0 bridgehead atoms. The van der Waals surface area contributed by atoms with E-state index >= 15 is 0 Å². The number of hydrogen-bond donors (Lipinski definition) is 2. The first-order chi connectivity index (χ1) is 9.12. The van der Waals surface area contributed by atoms with E-state index in [-0.39, 0.29) is 0 Å². The number of allylic oxidation sites excluding steroid dienone is 1. The van der Waals surface area contributed by atoms with E-state index in [0.29, 0.717) is 16.7 Å². The fourth-order valence-electron chi connectivity index (χ4n) is 2.11. The van der Waals surface area contributed by atoms with Gasteiger partial charge in [0.2, 0.25) is 0 Å². The number of rotatable bonds is 6. The summed E-state index contributed by atoms with van der Waals surface area (Å²) in [4.78, 5) is 18.5. The van der Waals surface area contributed by atoms with Crippen LogP contribution in [-0.4, -0.2) is 32.9 Å². The van der Waals surface area contributed by atoms with Crippen LogP contribution in [0.3, 0.4) is 0 Å². The molecule has 0 saturated carbocycles. The number of hydrogen-bond acceptors (Lipinski definition) is 3. The lowest BCUT2D eigenvalue weighted by Gasteiger charge is -2.39. The highest BCUT2D eigenvalue weighted by Gasteiger charge is 2.45. The highest BCUT2D eigenvalue weighted by atomic mass is 33.2. The van der Waals surface area contributed by atoms with Gasteiger partial charge in [-0.2, -0.15) is 9.06 Å². The molecule has 0 aromatic rings. The Labute approximate surface area is 126 Å². The molecule has 2 N–H and O–H groups in total. The Morgan fingerprint density at radius 1 is 1.45 bits per heavy atom. The topological polar surface area (TPSA) is 66.8 Å². The van der Waals surface area contributed by atoms with Gasteiger partial charge in [-0.15, -0.1) is 0 Å². The lowest BCUT2D eigenvalue weighted by Crippen LogP contribution is -2.13. The predicted octanol–water partition coefficient (Wildman–Crippen LogP) is 4.07. The summed E-state index contributed by atoms with van der Waals surface area (Å²) < 4.78 is 16.7. The van der Waals surface area contributed by atoms with Crippen LogP contribution in [0.4, 0.5) is 0 Å². The smallest absolute Gasteiger partial charge is 0.343 e. The van der Waals surface area contributed by atoms with E-state index < -0.39 is 21.6 Å². The van der Waals surface area contributed by atoms with Gasteiger partial charge in [0.1, 0.15) is 4.99 Å². The average molecular weight is 340 g/mol. The summed E-state index contributed by atoms with van der Waals surface area (Å²) >= 11 is 0. The van der Waals surface area contributed by atoms with Crippen LogP contribution >= 0.6 is 27.4 Å². The third kappa shape index (κ3) is 4.31. The lowest BCUT2D eigenvalue weighted by molar-refractivity contribution is 0.337. The van der Waals surface area contributed by atoms with Crippen LogP contribution in [0.2, 0.25) is 0 Å². The third-order valence-corrected chi connectivity index (χ3v) is 13.2. The first kappa shape index (κ1) is 18.2. The summed E-state index contributed by atoms with van der Waals surface area (Å²) in [5, 5.41) is 2.50. The second-order valence-corrected chi connectivity index (χ2v) is 13.8. The fourth-order valence-corrected chi connectivity index (χ4v) is 12.7. The Bertz CT molecular complexity index is 442. The van der Waals surface area contributed by atoms with Crippen LogP contribution in [0.5, 0.6) is 0 Å². The molecule has 1 aliphatic heterocycles. The summed E-state index contributed by atoms with van der Waals surface area (Å²) in [5.41, 5.74) is 0.703. The molecule has 0 amide bonds. The molecule has 4 nitrogen and oxygen atoms in total. The summed E-state index contributed by atoms with van der Waals surface area (Å²) in [7, 11) is -2.39. The molecule has 0 aromatic heterocycles. The highest BCUT2D eigenvalue weighted by molar-refractivity contribution is 8.96. The maximum absolute atomic E-state index is 11.8. The van der Waals surface area contributed by atoms with Crippen LogP contribution in [0, 0.1) is 5.92 Å². The van der Waals surface area contributed by atoms with E-state index in [1.165, 1.54) is 24.2 Å². The van der Waals surface area contributed by atoms with Gasteiger partial charge in [-0.05, 0) is 34.0 Å². The van der Waals surface area contributed by atoms with Crippen molar-refractivity contribution in [1.29, 1.82) is 0 Å². The number of methoxy groups -OCH3 is 1. The number of ether oxygens (including phenoxy) is 1. The zero-order valence-corrected chi connectivity index (χ0v) is 15.2. The van der Waals surface area contributed by atoms with E-state index in [1.807, 2.05) is 0 Å². The van der Waals surface area contributed by atoms with E-state index in [9.17, 15) is 14.4 Å². The summed E-state index contributed by atoms with van der Waals surface area (Å²) in [6.07, 6.45) is 3.18. The van der Waals surface area contributed by atoms with Crippen LogP contribution in [0.25, 0.3) is 0 Å².